The average molecular weight is 435 g/mol. The van der Waals surface area contributed by atoms with Crippen molar-refractivity contribution < 1.29 is 8.42 Å². The molecule has 0 aliphatic rings. The molecule has 0 bridgehead atoms. The molecule has 0 fully saturated rings. The first-order valence-electron chi connectivity index (χ1n) is 8.85. The van der Waals surface area contributed by atoms with Gasteiger partial charge >= 0.3 is 0 Å². The molecule has 2 N–H and O–H groups in total. The molecule has 1 aromatic carbocycles. The summed E-state index contributed by atoms with van der Waals surface area (Å²) >= 11 is 1.12. The molecule has 0 radical (unpaired) electrons. The number of thiophene rings is 1. The van der Waals surface area contributed by atoms with E-state index in [0.717, 1.165) is 16.9 Å². The zero-order valence-electron chi connectivity index (χ0n) is 15.4. The SMILES string of the molecule is Nc1c(S(=O)(=O)c2cccs2)c2nc3ccccc3nc2n1/N=C\c1cccnc1. The zero-order valence-corrected chi connectivity index (χ0v) is 17.0. The van der Waals surface area contributed by atoms with Gasteiger partial charge in [-0.15, -0.1) is 11.3 Å². The van der Waals surface area contributed by atoms with E-state index in [1.165, 1.54) is 10.7 Å². The maximum atomic E-state index is 13.3. The number of nitrogens with two attached hydrogens (primary N) is 1. The van der Waals surface area contributed by atoms with Gasteiger partial charge in [0.2, 0.25) is 9.84 Å². The van der Waals surface area contributed by atoms with Crippen LogP contribution in [0.15, 0.2) is 80.5 Å². The second-order valence-corrected chi connectivity index (χ2v) is 9.44. The van der Waals surface area contributed by atoms with Crippen LogP contribution in [0, 0.1) is 0 Å². The standard InChI is InChI=1S/C20H14N6O2S2/c21-19-18(30(27,28)16-8-4-10-29-16)17-20(25-15-7-2-1-6-14(15)24-17)26(19)23-12-13-5-3-9-22-11-13/h1-12H,21H2/b23-12-. The Morgan fingerprint density at radius 1 is 1.03 bits per heavy atom. The first-order valence-corrected chi connectivity index (χ1v) is 11.2. The number of anilines is 1. The van der Waals surface area contributed by atoms with E-state index in [0.29, 0.717) is 11.0 Å². The lowest BCUT2D eigenvalue weighted by Crippen LogP contribution is -2.05. The fraction of sp³-hybridized carbons (Fsp3) is 0. The Balaban J connectivity index is 1.83. The monoisotopic (exact) mass is 434 g/mol. The minimum atomic E-state index is -3.90. The van der Waals surface area contributed by atoms with E-state index >= 15 is 0 Å². The van der Waals surface area contributed by atoms with Crippen LogP contribution in [0.25, 0.3) is 22.2 Å². The van der Waals surface area contributed by atoms with Crippen LogP contribution in [0.2, 0.25) is 0 Å². The summed E-state index contributed by atoms with van der Waals surface area (Å²) in [5.41, 5.74) is 8.68. The predicted octanol–water partition coefficient (Wildman–Crippen LogP) is 3.34. The second kappa shape index (κ2) is 7.01. The van der Waals surface area contributed by atoms with Crippen LogP contribution in [0.3, 0.4) is 0 Å². The number of nitrogens with zero attached hydrogens (tertiary/aromatic N) is 5. The van der Waals surface area contributed by atoms with E-state index < -0.39 is 9.84 Å². The van der Waals surface area contributed by atoms with E-state index in [-0.39, 0.29) is 26.1 Å². The lowest BCUT2D eigenvalue weighted by Gasteiger charge is -2.02. The highest BCUT2D eigenvalue weighted by molar-refractivity contribution is 7.93. The summed E-state index contributed by atoms with van der Waals surface area (Å²) in [5.74, 6) is -0.0474. The molecule has 5 rings (SSSR count). The average Bonchev–Trinajstić information content (AvgIpc) is 3.38. The summed E-state index contributed by atoms with van der Waals surface area (Å²) in [7, 11) is -3.90. The van der Waals surface area contributed by atoms with Crippen molar-refractivity contribution in [1.82, 2.24) is 19.6 Å². The van der Waals surface area contributed by atoms with Crippen LogP contribution < -0.4 is 5.73 Å². The van der Waals surface area contributed by atoms with Crippen molar-refractivity contribution in [2.45, 2.75) is 9.10 Å². The van der Waals surface area contributed by atoms with Crippen LogP contribution >= 0.6 is 11.3 Å². The molecule has 0 atom stereocenters. The molecular formula is C20H14N6O2S2. The van der Waals surface area contributed by atoms with Gasteiger partial charge in [-0.2, -0.15) is 9.78 Å². The van der Waals surface area contributed by atoms with Crippen molar-refractivity contribution in [2.75, 3.05) is 5.73 Å². The zero-order chi connectivity index (χ0) is 20.7. The number of fused-ring (bicyclic) bond motifs is 2. The molecule has 0 saturated heterocycles. The van der Waals surface area contributed by atoms with Gasteiger partial charge in [0.1, 0.15) is 20.4 Å². The number of para-hydroxylation sites is 2. The van der Waals surface area contributed by atoms with Crippen molar-refractivity contribution in [2.24, 2.45) is 5.10 Å². The molecule has 0 aliphatic heterocycles. The maximum absolute atomic E-state index is 13.3. The Bertz CT molecular complexity index is 1510. The van der Waals surface area contributed by atoms with E-state index in [4.69, 9.17) is 5.73 Å². The number of rotatable bonds is 4. The van der Waals surface area contributed by atoms with E-state index in [9.17, 15) is 8.42 Å². The van der Waals surface area contributed by atoms with Gasteiger partial charge in [-0.05, 0) is 29.6 Å². The summed E-state index contributed by atoms with van der Waals surface area (Å²) in [6.45, 7) is 0. The van der Waals surface area contributed by atoms with Gasteiger partial charge in [0.15, 0.2) is 5.65 Å². The molecule has 0 amide bonds. The first-order chi connectivity index (χ1) is 14.6. The molecule has 10 heteroatoms. The van der Waals surface area contributed by atoms with Gasteiger partial charge < -0.3 is 5.73 Å². The summed E-state index contributed by atoms with van der Waals surface area (Å²) in [6, 6.07) is 14.0. The van der Waals surface area contributed by atoms with Gasteiger partial charge in [0, 0.05) is 18.0 Å². The van der Waals surface area contributed by atoms with Crippen molar-refractivity contribution >= 4 is 55.4 Å². The minimum Gasteiger partial charge on any atom is -0.382 e. The van der Waals surface area contributed by atoms with Gasteiger partial charge in [-0.25, -0.2) is 18.4 Å². The van der Waals surface area contributed by atoms with E-state index in [2.05, 4.69) is 20.1 Å². The third kappa shape index (κ3) is 2.93. The third-order valence-corrected chi connectivity index (χ3v) is 7.68. The molecular weight excluding hydrogens is 420 g/mol. The number of hydrogen-bond acceptors (Lipinski definition) is 8. The highest BCUT2D eigenvalue weighted by Crippen LogP contribution is 2.36. The lowest BCUT2D eigenvalue weighted by molar-refractivity contribution is 0.599. The number of hydrogen-bond donors (Lipinski definition) is 1. The minimum absolute atomic E-state index is 0.0474. The lowest BCUT2D eigenvalue weighted by atomic mass is 10.3. The number of nitrogen functional groups attached to an aromatic ring is 1. The van der Waals surface area contributed by atoms with Gasteiger partial charge in [-0.3, -0.25) is 4.98 Å². The van der Waals surface area contributed by atoms with Crippen LogP contribution in [0.5, 0.6) is 0 Å². The quantitative estimate of drug-likeness (QED) is 0.434. The van der Waals surface area contributed by atoms with E-state index in [1.54, 1.807) is 48.3 Å². The summed E-state index contributed by atoms with van der Waals surface area (Å²) < 4.78 is 28.2. The number of aromatic nitrogens is 4. The topological polar surface area (TPSA) is 116 Å². The van der Waals surface area contributed by atoms with Crippen molar-refractivity contribution in [1.29, 1.82) is 0 Å². The van der Waals surface area contributed by atoms with Crippen molar-refractivity contribution in [3.63, 3.8) is 0 Å². The largest absolute Gasteiger partial charge is 0.382 e. The molecule has 0 saturated carbocycles. The smallest absolute Gasteiger partial charge is 0.221 e. The predicted molar refractivity (Wildman–Crippen MR) is 116 cm³/mol. The number of pyridine rings is 1. The van der Waals surface area contributed by atoms with E-state index in [1.807, 2.05) is 18.2 Å². The molecule has 5 aromatic rings. The summed E-state index contributed by atoms with van der Waals surface area (Å²) in [6.07, 6.45) is 4.83. The Morgan fingerprint density at radius 3 is 2.53 bits per heavy atom. The van der Waals surface area contributed by atoms with Crippen molar-refractivity contribution in [3.05, 3.63) is 71.9 Å². The first kappa shape index (κ1) is 18.4. The summed E-state index contributed by atoms with van der Waals surface area (Å²) in [4.78, 5) is 13.1. The maximum Gasteiger partial charge on any atom is 0.221 e. The number of sulfone groups is 1. The molecule has 0 spiro atoms. The van der Waals surface area contributed by atoms with Crippen molar-refractivity contribution in [3.8, 4) is 0 Å². The second-order valence-electron chi connectivity index (χ2n) is 6.38. The van der Waals surface area contributed by atoms with Gasteiger partial charge in [0.25, 0.3) is 0 Å². The summed E-state index contributed by atoms with van der Waals surface area (Å²) in [5, 5.41) is 6.09. The molecule has 4 heterocycles. The Labute approximate surface area is 175 Å². The Kier molecular flexibility index (Phi) is 4.30. The van der Waals surface area contributed by atoms with Crippen LogP contribution in [-0.2, 0) is 9.84 Å². The molecule has 0 unspecified atom stereocenters. The molecule has 4 aromatic heterocycles. The normalized spacial score (nSPS) is 12.3. The molecule has 30 heavy (non-hydrogen) atoms. The highest BCUT2D eigenvalue weighted by Gasteiger charge is 2.31. The van der Waals surface area contributed by atoms with Crippen LogP contribution in [-0.4, -0.2) is 34.3 Å². The molecule has 8 nitrogen and oxygen atoms in total. The highest BCUT2D eigenvalue weighted by atomic mass is 32.2. The fourth-order valence-corrected chi connectivity index (χ4v) is 5.68. The van der Waals surface area contributed by atoms with Crippen LogP contribution in [0.1, 0.15) is 5.56 Å². The van der Waals surface area contributed by atoms with Gasteiger partial charge in [0.05, 0.1) is 17.2 Å². The number of benzene rings is 1. The molecule has 148 valence electrons. The Morgan fingerprint density at radius 2 is 1.83 bits per heavy atom. The molecule has 0 aliphatic carbocycles. The van der Waals surface area contributed by atoms with Gasteiger partial charge in [-0.1, -0.05) is 24.3 Å². The Hall–Kier alpha value is -3.63. The third-order valence-electron chi connectivity index (χ3n) is 4.46. The fourth-order valence-electron chi connectivity index (χ4n) is 3.10. The van der Waals surface area contributed by atoms with Crippen LogP contribution in [0.4, 0.5) is 5.82 Å².